The molecule has 0 radical (unpaired) electrons. The Morgan fingerprint density at radius 1 is 1.16 bits per heavy atom. The SMILES string of the molecule is O=C(CCC(F)(F)F)NC1CCC(CCN2CCN(c3nccc4c3OCC4)CC2)CC1. The predicted octanol–water partition coefficient (Wildman–Crippen LogP) is 3.55. The number of pyridine rings is 1. The highest BCUT2D eigenvalue weighted by atomic mass is 19.4. The van der Waals surface area contributed by atoms with Crippen molar-refractivity contribution in [3.8, 4) is 5.75 Å². The van der Waals surface area contributed by atoms with Crippen molar-refractivity contribution in [2.24, 2.45) is 5.92 Å². The third-order valence-corrected chi connectivity index (χ3v) is 6.96. The summed E-state index contributed by atoms with van der Waals surface area (Å²) in [5.41, 5.74) is 1.25. The number of nitrogens with zero attached hydrogens (tertiary/aromatic N) is 3. The van der Waals surface area contributed by atoms with E-state index in [0.29, 0.717) is 5.92 Å². The van der Waals surface area contributed by atoms with E-state index in [1.807, 2.05) is 12.3 Å². The molecule has 9 heteroatoms. The van der Waals surface area contributed by atoms with Crippen LogP contribution in [0.3, 0.4) is 0 Å². The molecule has 6 nitrogen and oxygen atoms in total. The van der Waals surface area contributed by atoms with Crippen LogP contribution in [0, 0.1) is 5.92 Å². The lowest BCUT2D eigenvalue weighted by Crippen LogP contribution is -2.47. The molecule has 2 aliphatic heterocycles. The lowest BCUT2D eigenvalue weighted by Gasteiger charge is -2.37. The Balaban J connectivity index is 1.12. The topological polar surface area (TPSA) is 57.7 Å². The van der Waals surface area contributed by atoms with Crippen LogP contribution in [-0.4, -0.2) is 67.3 Å². The molecule has 1 aromatic rings. The molecule has 3 heterocycles. The van der Waals surface area contributed by atoms with Crippen molar-refractivity contribution in [2.75, 3.05) is 44.2 Å². The van der Waals surface area contributed by atoms with Gasteiger partial charge >= 0.3 is 6.18 Å². The van der Waals surface area contributed by atoms with Crippen LogP contribution in [0.15, 0.2) is 12.3 Å². The van der Waals surface area contributed by atoms with Gasteiger partial charge in [0.25, 0.3) is 0 Å². The summed E-state index contributed by atoms with van der Waals surface area (Å²) < 4.78 is 42.6. The molecule has 0 spiro atoms. The summed E-state index contributed by atoms with van der Waals surface area (Å²) in [6.45, 7) is 5.73. The molecular weight excluding hydrogens is 421 g/mol. The van der Waals surface area contributed by atoms with E-state index in [1.54, 1.807) is 0 Å². The lowest BCUT2D eigenvalue weighted by molar-refractivity contribution is -0.144. The minimum Gasteiger partial charge on any atom is -0.489 e. The van der Waals surface area contributed by atoms with Gasteiger partial charge in [-0.2, -0.15) is 13.2 Å². The second-order valence-corrected chi connectivity index (χ2v) is 9.24. The molecule has 178 valence electrons. The second kappa shape index (κ2) is 10.3. The second-order valence-electron chi connectivity index (χ2n) is 9.24. The van der Waals surface area contributed by atoms with Gasteiger partial charge in [-0.25, -0.2) is 4.98 Å². The highest BCUT2D eigenvalue weighted by Crippen LogP contribution is 2.34. The van der Waals surface area contributed by atoms with Crippen LogP contribution >= 0.6 is 0 Å². The van der Waals surface area contributed by atoms with Gasteiger partial charge in [0.05, 0.1) is 13.0 Å². The van der Waals surface area contributed by atoms with Gasteiger partial charge < -0.3 is 15.0 Å². The highest BCUT2D eigenvalue weighted by molar-refractivity contribution is 5.76. The van der Waals surface area contributed by atoms with Gasteiger partial charge in [-0.1, -0.05) is 0 Å². The van der Waals surface area contributed by atoms with Crippen molar-refractivity contribution in [3.63, 3.8) is 0 Å². The van der Waals surface area contributed by atoms with Gasteiger partial charge in [0, 0.05) is 56.8 Å². The summed E-state index contributed by atoms with van der Waals surface area (Å²) in [4.78, 5) is 21.1. The number of halogens is 3. The van der Waals surface area contributed by atoms with Crippen molar-refractivity contribution < 1.29 is 22.7 Å². The predicted molar refractivity (Wildman–Crippen MR) is 116 cm³/mol. The number of rotatable bonds is 7. The number of ether oxygens (including phenoxy) is 1. The summed E-state index contributed by atoms with van der Waals surface area (Å²) in [5, 5.41) is 2.78. The zero-order chi connectivity index (χ0) is 22.6. The van der Waals surface area contributed by atoms with Crippen molar-refractivity contribution in [2.45, 2.75) is 63.6 Å². The largest absolute Gasteiger partial charge is 0.489 e. The Morgan fingerprint density at radius 2 is 1.91 bits per heavy atom. The first kappa shape index (κ1) is 23.1. The van der Waals surface area contributed by atoms with Crippen LogP contribution < -0.4 is 15.0 Å². The van der Waals surface area contributed by atoms with E-state index in [2.05, 4.69) is 20.1 Å². The Kier molecular flexibility index (Phi) is 7.43. The molecule has 1 aromatic heterocycles. The summed E-state index contributed by atoms with van der Waals surface area (Å²) in [5.74, 6) is 2.09. The van der Waals surface area contributed by atoms with E-state index in [1.165, 1.54) is 5.56 Å². The maximum atomic E-state index is 12.2. The van der Waals surface area contributed by atoms with Gasteiger partial charge in [0.1, 0.15) is 0 Å². The summed E-state index contributed by atoms with van der Waals surface area (Å²) in [6.07, 6.45) is 1.97. The Hall–Kier alpha value is -2.03. The van der Waals surface area contributed by atoms with Crippen LogP contribution in [0.4, 0.5) is 19.0 Å². The van der Waals surface area contributed by atoms with Crippen LogP contribution in [0.25, 0.3) is 0 Å². The number of nitrogens with one attached hydrogen (secondary N) is 1. The van der Waals surface area contributed by atoms with E-state index < -0.39 is 24.9 Å². The van der Waals surface area contributed by atoms with Crippen LogP contribution in [0.2, 0.25) is 0 Å². The third-order valence-electron chi connectivity index (χ3n) is 6.96. The molecule has 32 heavy (non-hydrogen) atoms. The van der Waals surface area contributed by atoms with E-state index >= 15 is 0 Å². The summed E-state index contributed by atoms with van der Waals surface area (Å²) in [7, 11) is 0. The Morgan fingerprint density at radius 3 is 2.62 bits per heavy atom. The molecule has 1 amide bonds. The van der Waals surface area contributed by atoms with E-state index in [9.17, 15) is 18.0 Å². The maximum Gasteiger partial charge on any atom is 0.389 e. The number of hydrogen-bond acceptors (Lipinski definition) is 5. The molecule has 0 bridgehead atoms. The number of hydrogen-bond donors (Lipinski definition) is 1. The smallest absolute Gasteiger partial charge is 0.389 e. The van der Waals surface area contributed by atoms with Crippen molar-refractivity contribution >= 4 is 11.7 Å². The van der Waals surface area contributed by atoms with Crippen LogP contribution in [0.5, 0.6) is 5.75 Å². The van der Waals surface area contributed by atoms with Gasteiger partial charge in [0.2, 0.25) is 5.91 Å². The molecule has 0 atom stereocenters. The number of aromatic nitrogens is 1. The molecule has 1 saturated heterocycles. The highest BCUT2D eigenvalue weighted by Gasteiger charge is 2.29. The van der Waals surface area contributed by atoms with Gasteiger partial charge in [-0.05, 0) is 50.6 Å². The molecule has 1 saturated carbocycles. The monoisotopic (exact) mass is 454 g/mol. The van der Waals surface area contributed by atoms with E-state index in [-0.39, 0.29) is 6.04 Å². The average Bonchev–Trinajstić information content (AvgIpc) is 3.26. The molecular formula is C23H33F3N4O2. The van der Waals surface area contributed by atoms with Crippen LogP contribution in [0.1, 0.15) is 50.5 Å². The van der Waals surface area contributed by atoms with Crippen LogP contribution in [-0.2, 0) is 11.2 Å². The fourth-order valence-corrected chi connectivity index (χ4v) is 5.02. The van der Waals surface area contributed by atoms with E-state index in [4.69, 9.17) is 4.74 Å². The minimum atomic E-state index is -4.27. The molecule has 3 aliphatic rings. The van der Waals surface area contributed by atoms with Crippen molar-refractivity contribution in [3.05, 3.63) is 17.8 Å². The lowest BCUT2D eigenvalue weighted by atomic mass is 9.84. The molecule has 1 N–H and O–H groups in total. The molecule has 0 aromatic carbocycles. The average molecular weight is 455 g/mol. The Labute approximate surface area is 187 Å². The normalized spacial score (nSPS) is 24.2. The van der Waals surface area contributed by atoms with E-state index in [0.717, 1.165) is 89.4 Å². The molecule has 0 unspecified atom stereocenters. The minimum absolute atomic E-state index is 0.0258. The van der Waals surface area contributed by atoms with Crippen molar-refractivity contribution in [1.82, 2.24) is 15.2 Å². The molecule has 1 aliphatic carbocycles. The maximum absolute atomic E-state index is 12.2. The van der Waals surface area contributed by atoms with Crippen molar-refractivity contribution in [1.29, 1.82) is 0 Å². The fourth-order valence-electron chi connectivity index (χ4n) is 5.02. The number of alkyl halides is 3. The number of amides is 1. The summed E-state index contributed by atoms with van der Waals surface area (Å²) >= 11 is 0. The number of carbonyl (C=O) groups is 1. The number of piperazine rings is 1. The first-order chi connectivity index (χ1) is 15.4. The van der Waals surface area contributed by atoms with Gasteiger partial charge in [0.15, 0.2) is 11.6 Å². The molecule has 2 fully saturated rings. The zero-order valence-corrected chi connectivity index (χ0v) is 18.5. The third kappa shape index (κ3) is 6.27. The Bertz CT molecular complexity index is 773. The number of carbonyl (C=O) groups excluding carboxylic acids is 1. The first-order valence-corrected chi connectivity index (χ1v) is 11.8. The van der Waals surface area contributed by atoms with Gasteiger partial charge in [-0.3, -0.25) is 9.69 Å². The quantitative estimate of drug-likeness (QED) is 0.683. The standard InChI is InChI=1S/C23H33F3N4O2/c24-23(25,26)9-5-20(31)28-19-3-1-17(2-4-19)7-11-29-12-14-30(15-13-29)22-21-18(6-10-27-22)8-16-32-21/h6,10,17,19H,1-5,7-9,11-16H2,(H,28,31). The molecule has 4 rings (SSSR count). The van der Waals surface area contributed by atoms with Gasteiger partial charge in [-0.15, -0.1) is 0 Å². The fraction of sp³-hybridized carbons (Fsp3) is 0.739. The number of anilines is 1. The summed E-state index contributed by atoms with van der Waals surface area (Å²) in [6, 6.07) is 2.07. The zero-order valence-electron chi connectivity index (χ0n) is 18.5. The number of fused-ring (bicyclic) bond motifs is 1. The first-order valence-electron chi connectivity index (χ1n) is 11.8.